The van der Waals surface area contributed by atoms with E-state index >= 15 is 0 Å². The molecule has 3 atom stereocenters. The quantitative estimate of drug-likeness (QED) is 0.0214. The fourth-order valence-electron chi connectivity index (χ4n) is 11.1. The zero-order chi connectivity index (χ0) is 67.2. The number of nitrogens with one attached hydrogen (secondary N) is 6. The van der Waals surface area contributed by atoms with Gasteiger partial charge in [-0.1, -0.05) is 215 Å². The van der Waals surface area contributed by atoms with Crippen LogP contribution in [0.25, 0.3) is 0 Å². The molecule has 7 aromatic rings. The maximum absolute atomic E-state index is 13.9. The zero-order valence-corrected chi connectivity index (χ0v) is 54.7. The summed E-state index contributed by atoms with van der Waals surface area (Å²) in [5.41, 5.74) is 9.26. The SMILES string of the molecule is CC.CCCCNC(=O)C(C=O)N(CCNC)C(=O)C(c1ccccc1)c1ccccc1.Cc1cccc(C)c1NC(=O)C1C(=O)NCCN1C(=O)C(c1ccccc1)c1ccccc1.Cc1cccc(C)c1NC(=O)C1C(=O)NCCN1C(=O)CCc1ccccc1. The van der Waals surface area contributed by atoms with Crippen LogP contribution < -0.4 is 31.9 Å². The van der Waals surface area contributed by atoms with Gasteiger partial charge in [0.2, 0.25) is 23.6 Å². The number of para-hydroxylation sites is 2. The van der Waals surface area contributed by atoms with Gasteiger partial charge in [-0.3, -0.25) is 38.4 Å². The maximum Gasteiger partial charge on any atom is 0.257 e. The molecule has 7 aromatic carbocycles. The van der Waals surface area contributed by atoms with Gasteiger partial charge >= 0.3 is 0 Å². The number of unbranched alkanes of at least 4 members (excludes halogenated alkanes) is 1. The van der Waals surface area contributed by atoms with Crippen molar-refractivity contribution in [2.45, 2.75) is 104 Å². The Kier molecular flexibility index (Phi) is 28.9. The molecule has 0 bridgehead atoms. The summed E-state index contributed by atoms with van der Waals surface area (Å²) in [7, 11) is 1.77. The summed E-state index contributed by atoms with van der Waals surface area (Å²) in [6, 6.07) is 55.3. The number of benzene rings is 7. The highest BCUT2D eigenvalue weighted by molar-refractivity contribution is 6.14. The van der Waals surface area contributed by atoms with Gasteiger partial charge in [-0.15, -0.1) is 0 Å². The average Bonchev–Trinajstić information content (AvgIpc) is 0.872. The molecule has 2 heterocycles. The van der Waals surface area contributed by atoms with Crippen molar-refractivity contribution >= 4 is 64.9 Å². The molecule has 18 heteroatoms. The number of aldehydes is 1. The number of amides is 8. The van der Waals surface area contributed by atoms with Crippen LogP contribution in [-0.2, 0) is 49.6 Å². The van der Waals surface area contributed by atoms with E-state index in [1.165, 1.54) is 14.7 Å². The Hall–Kier alpha value is -10.1. The Morgan fingerprint density at radius 2 is 0.946 bits per heavy atom. The van der Waals surface area contributed by atoms with Gasteiger partial charge < -0.3 is 51.4 Å². The van der Waals surface area contributed by atoms with E-state index in [-0.39, 0.29) is 37.2 Å². The van der Waals surface area contributed by atoms with E-state index in [0.29, 0.717) is 56.8 Å². The van der Waals surface area contributed by atoms with E-state index in [0.717, 1.165) is 62.9 Å². The van der Waals surface area contributed by atoms with Crippen molar-refractivity contribution in [3.8, 4) is 0 Å². The normalized spacial score (nSPS) is 14.4. The molecule has 93 heavy (non-hydrogen) atoms. The van der Waals surface area contributed by atoms with Crippen LogP contribution >= 0.6 is 0 Å². The number of rotatable bonds is 22. The van der Waals surface area contributed by atoms with E-state index in [1.807, 2.05) is 237 Å². The second-order valence-electron chi connectivity index (χ2n) is 22.4. The lowest BCUT2D eigenvalue weighted by molar-refractivity contribution is -0.148. The number of likely N-dealkylation sites (N-methyl/N-ethyl adjacent to an activating group) is 1. The number of nitrogens with zero attached hydrogens (tertiary/aromatic N) is 3. The summed E-state index contributed by atoms with van der Waals surface area (Å²) in [6.45, 7) is 16.0. The first-order valence-electron chi connectivity index (χ1n) is 31.9. The second-order valence-corrected chi connectivity index (χ2v) is 22.4. The Labute approximate surface area is 547 Å². The minimum absolute atomic E-state index is 0.194. The van der Waals surface area contributed by atoms with Gasteiger partial charge in [0, 0.05) is 63.6 Å². The topological polar surface area (TPSA) is 236 Å². The van der Waals surface area contributed by atoms with E-state index in [1.54, 1.807) is 7.05 Å². The highest BCUT2D eigenvalue weighted by atomic mass is 16.2. The van der Waals surface area contributed by atoms with Crippen molar-refractivity contribution in [1.29, 1.82) is 0 Å². The Morgan fingerprint density at radius 3 is 1.35 bits per heavy atom. The molecule has 6 N–H and O–H groups in total. The van der Waals surface area contributed by atoms with Gasteiger partial charge in [0.15, 0.2) is 24.4 Å². The highest BCUT2D eigenvalue weighted by Gasteiger charge is 2.43. The lowest BCUT2D eigenvalue weighted by atomic mass is 9.89. The lowest BCUT2D eigenvalue weighted by Gasteiger charge is -2.36. The van der Waals surface area contributed by atoms with Crippen LogP contribution in [0, 0.1) is 27.7 Å². The molecular formula is C75H89N9O9. The molecular weight excluding hydrogens is 1170 g/mol. The molecule has 0 aromatic heterocycles. The number of carbonyl (C=O) groups is 9. The molecule has 0 spiro atoms. The highest BCUT2D eigenvalue weighted by Crippen LogP contribution is 2.31. The summed E-state index contributed by atoms with van der Waals surface area (Å²) in [5.74, 6) is -4.32. The van der Waals surface area contributed by atoms with Crippen LogP contribution in [-0.4, -0.2) is 139 Å². The molecule has 8 amide bonds. The van der Waals surface area contributed by atoms with Crippen molar-refractivity contribution < 1.29 is 43.2 Å². The lowest BCUT2D eigenvalue weighted by Crippen LogP contribution is -2.62. The average molecular weight is 1260 g/mol. The summed E-state index contributed by atoms with van der Waals surface area (Å²) in [6.07, 6.45) is 3.13. The molecule has 0 saturated carbocycles. The Morgan fingerprint density at radius 1 is 0.548 bits per heavy atom. The van der Waals surface area contributed by atoms with Crippen molar-refractivity contribution in [1.82, 2.24) is 36.0 Å². The molecule has 2 aliphatic heterocycles. The minimum atomic E-state index is -1.25. The molecule has 488 valence electrons. The summed E-state index contributed by atoms with van der Waals surface area (Å²) in [4.78, 5) is 121. The first-order chi connectivity index (χ1) is 45.1. The second kappa shape index (κ2) is 37.3. The zero-order valence-electron chi connectivity index (χ0n) is 54.7. The predicted octanol–water partition coefficient (Wildman–Crippen LogP) is 8.98. The summed E-state index contributed by atoms with van der Waals surface area (Å²) >= 11 is 0. The van der Waals surface area contributed by atoms with E-state index < -0.39 is 59.5 Å². The third-order valence-corrected chi connectivity index (χ3v) is 15.9. The molecule has 0 aliphatic carbocycles. The monoisotopic (exact) mass is 1260 g/mol. The molecule has 2 aliphatic rings. The number of hydrogen-bond donors (Lipinski definition) is 6. The number of carbonyl (C=O) groups excluding carboxylic acids is 9. The molecule has 2 saturated heterocycles. The third-order valence-electron chi connectivity index (χ3n) is 15.9. The molecule has 3 unspecified atom stereocenters. The van der Waals surface area contributed by atoms with Crippen LogP contribution in [0.1, 0.15) is 102 Å². The number of piperazine rings is 2. The van der Waals surface area contributed by atoms with Crippen molar-refractivity contribution in [3.63, 3.8) is 0 Å². The van der Waals surface area contributed by atoms with Gasteiger partial charge in [-0.05, 0) is 97.7 Å². The van der Waals surface area contributed by atoms with Gasteiger partial charge in [0.1, 0.15) is 0 Å². The number of anilines is 2. The van der Waals surface area contributed by atoms with Gasteiger partial charge in [-0.25, -0.2) is 0 Å². The Balaban J connectivity index is 0.000000219. The fourth-order valence-corrected chi connectivity index (χ4v) is 11.1. The van der Waals surface area contributed by atoms with E-state index in [2.05, 4.69) is 31.9 Å². The van der Waals surface area contributed by atoms with E-state index in [4.69, 9.17) is 0 Å². The third kappa shape index (κ3) is 20.0. The predicted molar refractivity (Wildman–Crippen MR) is 365 cm³/mol. The van der Waals surface area contributed by atoms with Crippen molar-refractivity contribution in [3.05, 3.63) is 238 Å². The first-order valence-corrected chi connectivity index (χ1v) is 31.9. The fraction of sp³-hybridized carbons (Fsp3) is 0.320. The van der Waals surface area contributed by atoms with Gasteiger partial charge in [0.05, 0.1) is 11.8 Å². The molecule has 0 radical (unpaired) electrons. The van der Waals surface area contributed by atoms with Crippen LogP contribution in [0.2, 0.25) is 0 Å². The number of hydrogen-bond acceptors (Lipinski definition) is 10. The van der Waals surface area contributed by atoms with Gasteiger partial charge in [-0.2, -0.15) is 0 Å². The van der Waals surface area contributed by atoms with Crippen LogP contribution in [0.5, 0.6) is 0 Å². The molecule has 18 nitrogen and oxygen atoms in total. The smallest absolute Gasteiger partial charge is 0.257 e. The van der Waals surface area contributed by atoms with Crippen molar-refractivity contribution in [2.75, 3.05) is 63.5 Å². The van der Waals surface area contributed by atoms with Crippen LogP contribution in [0.4, 0.5) is 11.4 Å². The van der Waals surface area contributed by atoms with Crippen LogP contribution in [0.15, 0.2) is 188 Å². The van der Waals surface area contributed by atoms with Crippen molar-refractivity contribution in [2.24, 2.45) is 0 Å². The van der Waals surface area contributed by atoms with Crippen LogP contribution in [0.3, 0.4) is 0 Å². The molecule has 9 rings (SSSR count). The summed E-state index contributed by atoms with van der Waals surface area (Å²) in [5, 5.41) is 16.9. The van der Waals surface area contributed by atoms with Gasteiger partial charge in [0.25, 0.3) is 23.6 Å². The largest absolute Gasteiger partial charge is 0.354 e. The standard InChI is InChI=1S/C27H27N3O3.C24H31N3O3.C22H25N3O3.C2H6/c1-18-10-9-11-19(2)23(18)29-26(32)24-25(31)28-16-17-30(24)27(33)22(20-12-5-3-6-13-20)21-14-7-4-8-15-21;1-3-4-15-26-23(29)21(18-28)27(17-16-25-2)24(30)22(19-11-7-5-8-12-19)20-13-9-6-10-14-20;1-15-7-6-8-16(2)19(15)24-22(28)20-21(27)23-13-14-25(20)18(26)12-11-17-9-4-3-5-10-17;1-2/h3-15,22,24H,16-17H2,1-2H3,(H,28,31)(H,29,32);5-14,18,21-22,25H,3-4,15-17H2,1-2H3,(H,26,29);3-10,20H,11-14H2,1-2H3,(H,23,27)(H,24,28);1-2H3. The number of aryl methyl sites for hydroxylation is 5. The van der Waals surface area contributed by atoms with E-state index in [9.17, 15) is 43.2 Å². The minimum Gasteiger partial charge on any atom is -0.354 e. The first kappa shape index (κ1) is 72.0. The Bertz CT molecular complexity index is 3460. The maximum atomic E-state index is 13.9. The molecule has 2 fully saturated rings. The summed E-state index contributed by atoms with van der Waals surface area (Å²) < 4.78 is 0.